The van der Waals surface area contributed by atoms with E-state index in [1.54, 1.807) is 0 Å². The molecule has 0 saturated carbocycles. The molecule has 1 unspecified atom stereocenters. The molecule has 104 valence electrons. The molecule has 0 aromatic heterocycles. The van der Waals surface area contributed by atoms with Gasteiger partial charge in [-0.25, -0.2) is 8.42 Å². The highest BCUT2D eigenvalue weighted by atomic mass is 32.2. The van der Waals surface area contributed by atoms with Gasteiger partial charge in [-0.2, -0.15) is 4.31 Å². The van der Waals surface area contributed by atoms with Gasteiger partial charge in [-0.15, -0.1) is 0 Å². The average molecular weight is 285 g/mol. The Balaban J connectivity index is 2.42. The molecule has 19 heavy (non-hydrogen) atoms. The van der Waals surface area contributed by atoms with Crippen LogP contribution in [0.25, 0.3) is 0 Å². The lowest BCUT2D eigenvalue weighted by Gasteiger charge is -2.20. The van der Waals surface area contributed by atoms with Gasteiger partial charge in [0.15, 0.2) is 0 Å². The molecule has 1 aromatic carbocycles. The smallest absolute Gasteiger partial charge is 0.292 e. The van der Waals surface area contributed by atoms with Crippen molar-refractivity contribution >= 4 is 21.4 Å². The van der Waals surface area contributed by atoms with Gasteiger partial charge in [-0.1, -0.05) is 0 Å². The van der Waals surface area contributed by atoms with Gasteiger partial charge in [0.25, 0.3) is 5.69 Å². The molecular weight excluding hydrogens is 270 g/mol. The number of sulfonamides is 1. The van der Waals surface area contributed by atoms with Gasteiger partial charge in [-0.3, -0.25) is 10.1 Å². The summed E-state index contributed by atoms with van der Waals surface area (Å²) in [5.41, 5.74) is 5.10. The van der Waals surface area contributed by atoms with Crippen LogP contribution in [0.3, 0.4) is 0 Å². The summed E-state index contributed by atoms with van der Waals surface area (Å²) < 4.78 is 26.2. The van der Waals surface area contributed by atoms with E-state index in [0.717, 1.165) is 25.0 Å². The Bertz CT molecular complexity index is 614. The minimum absolute atomic E-state index is 0.00403. The second-order valence-electron chi connectivity index (χ2n) is 4.58. The van der Waals surface area contributed by atoms with E-state index >= 15 is 0 Å². The normalized spacial score (nSPS) is 20.6. The van der Waals surface area contributed by atoms with Crippen molar-refractivity contribution in [1.82, 2.24) is 4.31 Å². The number of rotatable bonds is 3. The number of anilines is 1. The standard InChI is InChI=1S/C11H15N3O4S/c1-8-3-2-6-13(8)19(17,18)9-4-5-11(14(15)16)10(12)7-9/h4-5,7-8H,2-3,6,12H2,1H3. The van der Waals surface area contributed by atoms with E-state index in [0.29, 0.717) is 6.54 Å². The number of nitro groups is 1. The van der Waals surface area contributed by atoms with Crippen molar-refractivity contribution in [3.8, 4) is 0 Å². The molecule has 0 bridgehead atoms. The van der Waals surface area contributed by atoms with E-state index in [1.165, 1.54) is 10.4 Å². The van der Waals surface area contributed by atoms with Crippen LogP contribution >= 0.6 is 0 Å². The van der Waals surface area contributed by atoms with E-state index in [4.69, 9.17) is 5.73 Å². The fourth-order valence-corrected chi connectivity index (χ4v) is 3.99. The maximum atomic E-state index is 12.4. The van der Waals surface area contributed by atoms with E-state index in [-0.39, 0.29) is 22.3 Å². The lowest BCUT2D eigenvalue weighted by molar-refractivity contribution is -0.383. The number of nitrogen functional groups attached to an aromatic ring is 1. The van der Waals surface area contributed by atoms with Crippen LogP contribution in [0.5, 0.6) is 0 Å². The van der Waals surface area contributed by atoms with Crippen molar-refractivity contribution in [2.24, 2.45) is 0 Å². The summed E-state index contributed by atoms with van der Waals surface area (Å²) in [5.74, 6) is 0. The molecule has 2 N–H and O–H groups in total. The van der Waals surface area contributed by atoms with Gasteiger partial charge >= 0.3 is 0 Å². The topological polar surface area (TPSA) is 107 Å². The summed E-state index contributed by atoms with van der Waals surface area (Å²) in [5, 5.41) is 10.7. The summed E-state index contributed by atoms with van der Waals surface area (Å²) in [4.78, 5) is 10.0. The first kappa shape index (κ1) is 13.8. The zero-order valence-corrected chi connectivity index (χ0v) is 11.3. The molecule has 0 spiro atoms. The Morgan fingerprint density at radius 3 is 2.63 bits per heavy atom. The van der Waals surface area contributed by atoms with Crippen molar-refractivity contribution in [2.45, 2.75) is 30.7 Å². The van der Waals surface area contributed by atoms with Crippen LogP contribution in [-0.4, -0.2) is 30.2 Å². The van der Waals surface area contributed by atoms with Gasteiger partial charge in [0.2, 0.25) is 10.0 Å². The Labute approximate surface area is 111 Å². The molecule has 1 aromatic rings. The molecule has 1 fully saturated rings. The molecule has 1 saturated heterocycles. The highest BCUT2D eigenvalue weighted by Gasteiger charge is 2.33. The molecule has 1 heterocycles. The van der Waals surface area contributed by atoms with Crippen LogP contribution in [0.15, 0.2) is 23.1 Å². The molecule has 7 nitrogen and oxygen atoms in total. The summed E-state index contributed by atoms with van der Waals surface area (Å²) in [7, 11) is -3.62. The Kier molecular flexibility index (Phi) is 3.46. The molecule has 1 aliphatic heterocycles. The third kappa shape index (κ3) is 2.41. The summed E-state index contributed by atoms with van der Waals surface area (Å²) in [6.45, 7) is 2.32. The Hall–Kier alpha value is -1.67. The zero-order chi connectivity index (χ0) is 14.2. The van der Waals surface area contributed by atoms with Crippen molar-refractivity contribution in [3.05, 3.63) is 28.3 Å². The number of hydrogen-bond acceptors (Lipinski definition) is 5. The van der Waals surface area contributed by atoms with Crippen LogP contribution in [0.2, 0.25) is 0 Å². The van der Waals surface area contributed by atoms with E-state index in [1.807, 2.05) is 6.92 Å². The third-order valence-corrected chi connectivity index (χ3v) is 5.30. The SMILES string of the molecule is CC1CCCN1S(=O)(=O)c1ccc([N+](=O)[O-])c(N)c1. The van der Waals surface area contributed by atoms with Gasteiger partial charge in [0.1, 0.15) is 5.69 Å². The minimum atomic E-state index is -3.62. The van der Waals surface area contributed by atoms with Crippen LogP contribution in [0, 0.1) is 10.1 Å². The molecule has 1 aliphatic rings. The van der Waals surface area contributed by atoms with Crippen LogP contribution in [-0.2, 0) is 10.0 Å². The fourth-order valence-electron chi connectivity index (χ4n) is 2.26. The van der Waals surface area contributed by atoms with E-state index in [9.17, 15) is 18.5 Å². The molecule has 8 heteroatoms. The van der Waals surface area contributed by atoms with Crippen molar-refractivity contribution in [1.29, 1.82) is 0 Å². The highest BCUT2D eigenvalue weighted by Crippen LogP contribution is 2.29. The number of nitro benzene ring substituents is 1. The van der Waals surface area contributed by atoms with Crippen molar-refractivity contribution in [3.63, 3.8) is 0 Å². The molecule has 0 radical (unpaired) electrons. The second kappa shape index (κ2) is 4.78. The molecule has 1 atom stereocenters. The molecule has 0 aliphatic carbocycles. The Morgan fingerprint density at radius 1 is 1.47 bits per heavy atom. The van der Waals surface area contributed by atoms with Gasteiger partial charge in [0.05, 0.1) is 9.82 Å². The van der Waals surface area contributed by atoms with E-state index in [2.05, 4.69) is 0 Å². The first-order chi connectivity index (χ1) is 8.84. The van der Waals surface area contributed by atoms with Crippen molar-refractivity contribution in [2.75, 3.05) is 12.3 Å². The average Bonchev–Trinajstić information content (AvgIpc) is 2.75. The largest absolute Gasteiger partial charge is 0.393 e. The molecular formula is C11H15N3O4S. The molecule has 2 rings (SSSR count). The van der Waals surface area contributed by atoms with Gasteiger partial charge in [-0.05, 0) is 31.9 Å². The maximum absolute atomic E-state index is 12.4. The van der Waals surface area contributed by atoms with Crippen LogP contribution in [0.4, 0.5) is 11.4 Å². The summed E-state index contributed by atoms with van der Waals surface area (Å²) in [6.07, 6.45) is 1.64. The number of nitrogens with two attached hydrogens (primary N) is 1. The highest BCUT2D eigenvalue weighted by molar-refractivity contribution is 7.89. The summed E-state index contributed by atoms with van der Waals surface area (Å²) >= 11 is 0. The van der Waals surface area contributed by atoms with Gasteiger partial charge in [0, 0.05) is 18.7 Å². The van der Waals surface area contributed by atoms with Crippen molar-refractivity contribution < 1.29 is 13.3 Å². The van der Waals surface area contributed by atoms with Gasteiger partial charge < -0.3 is 5.73 Å². The lowest BCUT2D eigenvalue weighted by atomic mass is 10.3. The zero-order valence-electron chi connectivity index (χ0n) is 10.4. The quantitative estimate of drug-likeness (QED) is 0.512. The molecule has 0 amide bonds. The van der Waals surface area contributed by atoms with Crippen LogP contribution in [0.1, 0.15) is 19.8 Å². The van der Waals surface area contributed by atoms with Crippen LogP contribution < -0.4 is 5.73 Å². The monoisotopic (exact) mass is 285 g/mol. The lowest BCUT2D eigenvalue weighted by Crippen LogP contribution is -2.33. The number of nitrogens with zero attached hydrogens (tertiary/aromatic N) is 2. The maximum Gasteiger partial charge on any atom is 0.292 e. The fraction of sp³-hybridized carbons (Fsp3) is 0.455. The number of hydrogen-bond donors (Lipinski definition) is 1. The second-order valence-corrected chi connectivity index (χ2v) is 6.48. The third-order valence-electron chi connectivity index (χ3n) is 3.29. The Morgan fingerprint density at radius 2 is 2.16 bits per heavy atom. The first-order valence-electron chi connectivity index (χ1n) is 5.90. The predicted octanol–water partition coefficient (Wildman–Crippen LogP) is 1.35. The summed E-state index contributed by atoms with van der Waals surface area (Å²) in [6, 6.07) is 3.46. The predicted molar refractivity (Wildman–Crippen MR) is 70.1 cm³/mol. The van der Waals surface area contributed by atoms with E-state index < -0.39 is 14.9 Å². The first-order valence-corrected chi connectivity index (χ1v) is 7.34. The minimum Gasteiger partial charge on any atom is -0.393 e. The number of benzene rings is 1.